The second-order valence-electron chi connectivity index (χ2n) is 4.70. The number of benzene rings is 1. The highest BCUT2D eigenvalue weighted by molar-refractivity contribution is 9.10. The molecule has 1 aromatic carbocycles. The van der Waals surface area contributed by atoms with Crippen molar-refractivity contribution in [1.82, 2.24) is 10.2 Å². The third-order valence-electron chi connectivity index (χ3n) is 3.13. The maximum absolute atomic E-state index is 12.2. The molecule has 18 heavy (non-hydrogen) atoms. The van der Waals surface area contributed by atoms with Crippen molar-refractivity contribution in [3.63, 3.8) is 0 Å². The van der Waals surface area contributed by atoms with Gasteiger partial charge in [-0.25, -0.2) is 0 Å². The quantitative estimate of drug-likeness (QED) is 0.904. The fourth-order valence-electron chi connectivity index (χ4n) is 2.22. The summed E-state index contributed by atoms with van der Waals surface area (Å²) < 4.78 is 0.772. The van der Waals surface area contributed by atoms with Crippen LogP contribution in [0.5, 0.6) is 0 Å². The van der Waals surface area contributed by atoms with Gasteiger partial charge in [0.1, 0.15) is 0 Å². The normalized spacial score (nSPS) is 20.7. The fraction of sp³-hybridized carbons (Fsp3) is 0.462. The van der Waals surface area contributed by atoms with E-state index in [-0.39, 0.29) is 11.9 Å². The molecule has 0 aromatic heterocycles. The van der Waals surface area contributed by atoms with Gasteiger partial charge >= 0.3 is 0 Å². The summed E-state index contributed by atoms with van der Waals surface area (Å²) in [4.78, 5) is 14.4. The first kappa shape index (κ1) is 13.8. The van der Waals surface area contributed by atoms with E-state index in [0.29, 0.717) is 10.6 Å². The zero-order valence-electron chi connectivity index (χ0n) is 10.2. The van der Waals surface area contributed by atoms with Gasteiger partial charge in [-0.05, 0) is 60.6 Å². The van der Waals surface area contributed by atoms with Crippen molar-refractivity contribution in [2.24, 2.45) is 0 Å². The number of hydrogen-bond donors (Lipinski definition) is 1. The predicted octanol–water partition coefficient (Wildman–Crippen LogP) is 2.93. The number of hydrogen-bond acceptors (Lipinski definition) is 2. The summed E-state index contributed by atoms with van der Waals surface area (Å²) in [5, 5.41) is 3.64. The van der Waals surface area contributed by atoms with Crippen LogP contribution in [0.4, 0.5) is 0 Å². The molecule has 0 spiro atoms. The summed E-state index contributed by atoms with van der Waals surface area (Å²) in [7, 11) is 2.08. The minimum Gasteiger partial charge on any atom is -0.348 e. The van der Waals surface area contributed by atoms with Crippen LogP contribution >= 0.6 is 27.5 Å². The smallest absolute Gasteiger partial charge is 0.252 e. The summed E-state index contributed by atoms with van der Waals surface area (Å²) in [6.45, 7) is 2.01. The summed E-state index contributed by atoms with van der Waals surface area (Å²) in [5.41, 5.74) is 0.593. The molecule has 0 bridgehead atoms. The second-order valence-corrected chi connectivity index (χ2v) is 5.99. The molecule has 5 heteroatoms. The molecule has 1 aromatic rings. The minimum atomic E-state index is -0.0651. The van der Waals surface area contributed by atoms with E-state index < -0.39 is 0 Å². The number of amides is 1. The van der Waals surface area contributed by atoms with Gasteiger partial charge in [0.05, 0.1) is 5.56 Å². The van der Waals surface area contributed by atoms with Crippen LogP contribution in [0.1, 0.15) is 23.2 Å². The van der Waals surface area contributed by atoms with Crippen LogP contribution in [0.3, 0.4) is 0 Å². The first-order valence-corrected chi connectivity index (χ1v) is 7.18. The molecule has 1 unspecified atom stereocenters. The van der Waals surface area contributed by atoms with Gasteiger partial charge in [0.2, 0.25) is 0 Å². The van der Waals surface area contributed by atoms with Crippen LogP contribution < -0.4 is 5.32 Å². The van der Waals surface area contributed by atoms with Crippen molar-refractivity contribution < 1.29 is 4.79 Å². The number of rotatable bonds is 2. The van der Waals surface area contributed by atoms with E-state index in [0.717, 1.165) is 30.4 Å². The van der Waals surface area contributed by atoms with Crippen LogP contribution in [-0.2, 0) is 0 Å². The maximum Gasteiger partial charge on any atom is 0.252 e. The number of carbonyl (C=O) groups excluding carboxylic acids is 1. The Morgan fingerprint density at radius 2 is 2.33 bits per heavy atom. The average Bonchev–Trinajstić information content (AvgIpc) is 2.32. The molecular weight excluding hydrogens is 316 g/mol. The van der Waals surface area contributed by atoms with Crippen molar-refractivity contribution in [1.29, 1.82) is 0 Å². The molecular formula is C13H16BrClN2O. The lowest BCUT2D eigenvalue weighted by Gasteiger charge is -2.30. The number of carbonyl (C=O) groups is 1. The van der Waals surface area contributed by atoms with E-state index in [1.165, 1.54) is 0 Å². The van der Waals surface area contributed by atoms with Gasteiger partial charge < -0.3 is 10.2 Å². The highest BCUT2D eigenvalue weighted by Gasteiger charge is 2.20. The molecule has 1 aliphatic rings. The largest absolute Gasteiger partial charge is 0.348 e. The summed E-state index contributed by atoms with van der Waals surface area (Å²) >= 11 is 9.30. The van der Waals surface area contributed by atoms with Gasteiger partial charge in [-0.2, -0.15) is 0 Å². The van der Waals surface area contributed by atoms with Crippen molar-refractivity contribution in [2.45, 2.75) is 18.9 Å². The van der Waals surface area contributed by atoms with Crippen molar-refractivity contribution in [3.05, 3.63) is 33.3 Å². The fourth-order valence-corrected chi connectivity index (χ4v) is 2.82. The van der Waals surface area contributed by atoms with E-state index in [9.17, 15) is 4.79 Å². The Labute approximate surface area is 121 Å². The number of nitrogens with zero attached hydrogens (tertiary/aromatic N) is 1. The lowest BCUT2D eigenvalue weighted by atomic mass is 10.1. The molecule has 1 atom stereocenters. The van der Waals surface area contributed by atoms with Crippen LogP contribution in [0, 0.1) is 0 Å². The van der Waals surface area contributed by atoms with E-state index >= 15 is 0 Å². The van der Waals surface area contributed by atoms with Crippen LogP contribution in [0.25, 0.3) is 0 Å². The van der Waals surface area contributed by atoms with Crippen molar-refractivity contribution in [3.8, 4) is 0 Å². The Bertz CT molecular complexity index is 453. The average molecular weight is 332 g/mol. The van der Waals surface area contributed by atoms with E-state index in [4.69, 9.17) is 11.6 Å². The van der Waals surface area contributed by atoms with Crippen molar-refractivity contribution >= 4 is 33.4 Å². The molecule has 98 valence electrons. The molecule has 1 fully saturated rings. The highest BCUT2D eigenvalue weighted by atomic mass is 79.9. The topological polar surface area (TPSA) is 32.3 Å². The number of halogens is 2. The monoisotopic (exact) mass is 330 g/mol. The second kappa shape index (κ2) is 6.04. The molecule has 1 aliphatic heterocycles. The molecule has 1 N–H and O–H groups in total. The Morgan fingerprint density at radius 3 is 3.06 bits per heavy atom. The van der Waals surface area contributed by atoms with E-state index in [2.05, 4.69) is 33.2 Å². The third-order valence-corrected chi connectivity index (χ3v) is 4.06. The van der Waals surface area contributed by atoms with E-state index in [1.54, 1.807) is 18.2 Å². The molecule has 1 heterocycles. The zero-order valence-corrected chi connectivity index (χ0v) is 12.6. The lowest BCUT2D eigenvalue weighted by Crippen LogP contribution is -2.46. The predicted molar refractivity (Wildman–Crippen MR) is 77.1 cm³/mol. The number of nitrogens with one attached hydrogen (secondary N) is 1. The van der Waals surface area contributed by atoms with Gasteiger partial charge in [-0.3, -0.25) is 4.79 Å². The summed E-state index contributed by atoms with van der Waals surface area (Å²) in [6, 6.07) is 5.47. The first-order valence-electron chi connectivity index (χ1n) is 6.00. The minimum absolute atomic E-state index is 0.0651. The molecule has 0 radical (unpaired) electrons. The molecule has 1 saturated heterocycles. The number of piperidine rings is 1. The Balaban J connectivity index is 2.05. The van der Waals surface area contributed by atoms with E-state index in [1.807, 2.05) is 0 Å². The van der Waals surface area contributed by atoms with Crippen molar-refractivity contribution in [2.75, 3.05) is 20.1 Å². The molecule has 3 nitrogen and oxygen atoms in total. The third kappa shape index (κ3) is 3.46. The van der Waals surface area contributed by atoms with Crippen LogP contribution in [0.15, 0.2) is 22.7 Å². The number of likely N-dealkylation sites (tertiary alicyclic amines) is 1. The number of likely N-dealkylation sites (N-methyl/N-ethyl adjacent to an activating group) is 1. The lowest BCUT2D eigenvalue weighted by molar-refractivity contribution is 0.0912. The first-order chi connectivity index (χ1) is 8.56. The summed E-state index contributed by atoms with van der Waals surface area (Å²) in [5.74, 6) is -0.0651. The molecule has 1 amide bonds. The van der Waals surface area contributed by atoms with Gasteiger partial charge in [0, 0.05) is 22.1 Å². The Hall–Kier alpha value is -0.580. The standard InChI is InChI=1S/C13H16BrClN2O/c1-17-6-2-3-10(8-17)16-13(18)11-7-9(15)4-5-12(11)14/h4-5,7,10H,2-3,6,8H2,1H3,(H,16,18). The highest BCUT2D eigenvalue weighted by Crippen LogP contribution is 2.21. The molecule has 0 saturated carbocycles. The summed E-state index contributed by atoms with van der Waals surface area (Å²) in [6.07, 6.45) is 2.16. The SMILES string of the molecule is CN1CCCC(NC(=O)c2cc(Cl)ccc2Br)C1. The van der Waals surface area contributed by atoms with Gasteiger partial charge in [0.15, 0.2) is 0 Å². The van der Waals surface area contributed by atoms with Crippen LogP contribution in [-0.4, -0.2) is 37.0 Å². The zero-order chi connectivity index (χ0) is 13.1. The molecule has 0 aliphatic carbocycles. The Kier molecular flexibility index (Phi) is 4.65. The molecule has 2 rings (SSSR count). The Morgan fingerprint density at radius 1 is 1.56 bits per heavy atom. The maximum atomic E-state index is 12.2. The van der Waals surface area contributed by atoms with Gasteiger partial charge in [-0.1, -0.05) is 11.6 Å². The van der Waals surface area contributed by atoms with Gasteiger partial charge in [-0.15, -0.1) is 0 Å². The van der Waals surface area contributed by atoms with Crippen LogP contribution in [0.2, 0.25) is 5.02 Å². The van der Waals surface area contributed by atoms with Gasteiger partial charge in [0.25, 0.3) is 5.91 Å².